The highest BCUT2D eigenvalue weighted by Gasteiger charge is 2.24. The minimum absolute atomic E-state index is 0.0592. The highest BCUT2D eigenvalue weighted by Crippen LogP contribution is 2.24. The Labute approximate surface area is 98.2 Å². The van der Waals surface area contributed by atoms with Gasteiger partial charge in [0, 0.05) is 19.1 Å². The molecule has 1 aliphatic rings. The third-order valence-electron chi connectivity index (χ3n) is 3.64. The second-order valence-electron chi connectivity index (χ2n) is 4.76. The van der Waals surface area contributed by atoms with Gasteiger partial charge in [-0.1, -0.05) is 13.3 Å². The van der Waals surface area contributed by atoms with Gasteiger partial charge in [0.1, 0.15) is 0 Å². The van der Waals surface area contributed by atoms with Crippen molar-refractivity contribution in [2.75, 3.05) is 19.6 Å². The molecule has 0 aliphatic carbocycles. The Morgan fingerprint density at radius 1 is 1.56 bits per heavy atom. The standard InChI is InChI=1S/C11H25N5/c1-3-10-4-5-15(9(2)8-10)6-7-16(14)11(12)13/h9-10H,3-8,14H2,1-2H3,(H3,12,13). The number of hydrogen-bond acceptors (Lipinski definition) is 3. The molecule has 0 aromatic heterocycles. The van der Waals surface area contributed by atoms with Crippen molar-refractivity contribution < 1.29 is 0 Å². The van der Waals surface area contributed by atoms with Crippen molar-refractivity contribution in [1.29, 1.82) is 5.41 Å². The van der Waals surface area contributed by atoms with Gasteiger partial charge in [0.25, 0.3) is 0 Å². The smallest absolute Gasteiger partial charge is 0.202 e. The minimum Gasteiger partial charge on any atom is -0.369 e. The summed E-state index contributed by atoms with van der Waals surface area (Å²) in [6.45, 7) is 7.22. The maximum atomic E-state index is 7.19. The Morgan fingerprint density at radius 2 is 2.25 bits per heavy atom. The third kappa shape index (κ3) is 3.64. The van der Waals surface area contributed by atoms with Gasteiger partial charge < -0.3 is 5.73 Å². The fourth-order valence-corrected chi connectivity index (χ4v) is 2.38. The van der Waals surface area contributed by atoms with E-state index in [0.717, 1.165) is 19.0 Å². The minimum atomic E-state index is -0.0592. The second kappa shape index (κ2) is 6.06. The van der Waals surface area contributed by atoms with Gasteiger partial charge >= 0.3 is 0 Å². The van der Waals surface area contributed by atoms with E-state index in [9.17, 15) is 0 Å². The molecule has 0 amide bonds. The molecule has 5 N–H and O–H groups in total. The monoisotopic (exact) mass is 227 g/mol. The summed E-state index contributed by atoms with van der Waals surface area (Å²) < 4.78 is 0. The van der Waals surface area contributed by atoms with Crippen LogP contribution in [0.2, 0.25) is 0 Å². The van der Waals surface area contributed by atoms with E-state index in [1.807, 2.05) is 0 Å². The lowest BCUT2D eigenvalue weighted by Gasteiger charge is -2.38. The summed E-state index contributed by atoms with van der Waals surface area (Å²) in [6, 6.07) is 0.624. The molecule has 5 nitrogen and oxygen atoms in total. The second-order valence-corrected chi connectivity index (χ2v) is 4.76. The average molecular weight is 227 g/mol. The predicted molar refractivity (Wildman–Crippen MR) is 66.9 cm³/mol. The maximum Gasteiger partial charge on any atom is 0.202 e. The zero-order valence-corrected chi connectivity index (χ0v) is 10.4. The molecule has 1 heterocycles. The van der Waals surface area contributed by atoms with Gasteiger partial charge in [-0.15, -0.1) is 0 Å². The molecule has 2 unspecified atom stereocenters. The Kier molecular flexibility index (Phi) is 5.02. The Bertz CT molecular complexity index is 230. The normalized spacial score (nSPS) is 26.7. The van der Waals surface area contributed by atoms with Gasteiger partial charge in [-0.3, -0.25) is 15.3 Å². The van der Waals surface area contributed by atoms with Crippen molar-refractivity contribution in [3.05, 3.63) is 0 Å². The van der Waals surface area contributed by atoms with Gasteiger partial charge in [0.05, 0.1) is 0 Å². The van der Waals surface area contributed by atoms with Crippen LogP contribution >= 0.6 is 0 Å². The summed E-state index contributed by atoms with van der Waals surface area (Å²) in [5.41, 5.74) is 5.30. The first-order valence-corrected chi connectivity index (χ1v) is 6.14. The largest absolute Gasteiger partial charge is 0.369 e. The van der Waals surface area contributed by atoms with Crippen LogP contribution in [-0.2, 0) is 0 Å². The first-order chi connectivity index (χ1) is 7.54. The lowest BCUT2D eigenvalue weighted by molar-refractivity contribution is 0.114. The average Bonchev–Trinajstić information content (AvgIpc) is 2.26. The molecular formula is C11H25N5. The summed E-state index contributed by atoms with van der Waals surface area (Å²) >= 11 is 0. The van der Waals surface area contributed by atoms with E-state index in [-0.39, 0.29) is 5.96 Å². The molecule has 94 valence electrons. The van der Waals surface area contributed by atoms with Gasteiger partial charge in [-0.05, 0) is 32.2 Å². The van der Waals surface area contributed by atoms with Gasteiger partial charge in [-0.2, -0.15) is 0 Å². The van der Waals surface area contributed by atoms with Crippen molar-refractivity contribution in [1.82, 2.24) is 9.91 Å². The third-order valence-corrected chi connectivity index (χ3v) is 3.64. The van der Waals surface area contributed by atoms with E-state index in [1.165, 1.54) is 24.3 Å². The molecule has 2 atom stereocenters. The van der Waals surface area contributed by atoms with E-state index in [4.69, 9.17) is 17.0 Å². The first-order valence-electron chi connectivity index (χ1n) is 6.14. The molecule has 0 radical (unpaired) electrons. The number of nitrogens with two attached hydrogens (primary N) is 2. The summed E-state index contributed by atoms with van der Waals surface area (Å²) in [6.07, 6.45) is 3.85. The molecule has 16 heavy (non-hydrogen) atoms. The van der Waals surface area contributed by atoms with E-state index >= 15 is 0 Å². The Balaban J connectivity index is 2.30. The molecular weight excluding hydrogens is 202 g/mol. The highest BCUT2D eigenvalue weighted by atomic mass is 15.5. The summed E-state index contributed by atoms with van der Waals surface area (Å²) in [5, 5.41) is 8.49. The fourth-order valence-electron chi connectivity index (χ4n) is 2.38. The van der Waals surface area contributed by atoms with Crippen LogP contribution in [0, 0.1) is 11.3 Å². The number of piperidine rings is 1. The van der Waals surface area contributed by atoms with E-state index in [2.05, 4.69) is 18.7 Å². The van der Waals surface area contributed by atoms with Crippen LogP contribution in [0.1, 0.15) is 33.1 Å². The zero-order chi connectivity index (χ0) is 12.1. The molecule has 0 saturated carbocycles. The van der Waals surface area contributed by atoms with Gasteiger partial charge in [0.2, 0.25) is 5.96 Å². The van der Waals surface area contributed by atoms with Crippen LogP contribution < -0.4 is 11.6 Å². The van der Waals surface area contributed by atoms with Crippen LogP contribution in [0.3, 0.4) is 0 Å². The van der Waals surface area contributed by atoms with E-state index in [1.54, 1.807) is 0 Å². The number of hydrazine groups is 1. The van der Waals surface area contributed by atoms with Crippen molar-refractivity contribution in [3.63, 3.8) is 0 Å². The van der Waals surface area contributed by atoms with Crippen molar-refractivity contribution in [2.24, 2.45) is 17.5 Å². The summed E-state index contributed by atoms with van der Waals surface area (Å²) in [7, 11) is 0. The van der Waals surface area contributed by atoms with E-state index < -0.39 is 0 Å². The Hall–Kier alpha value is -0.810. The number of nitrogens with one attached hydrogen (secondary N) is 1. The molecule has 1 saturated heterocycles. The molecule has 0 bridgehead atoms. The van der Waals surface area contributed by atoms with Crippen molar-refractivity contribution in [2.45, 2.75) is 39.2 Å². The zero-order valence-electron chi connectivity index (χ0n) is 10.4. The number of guanidine groups is 1. The SMILES string of the molecule is CCC1CCN(CCN(N)C(=N)N)C(C)C1. The fraction of sp³-hybridized carbons (Fsp3) is 0.909. The molecule has 0 spiro atoms. The van der Waals surface area contributed by atoms with Gasteiger partial charge in [0.15, 0.2) is 0 Å². The molecule has 0 aromatic rings. The first kappa shape index (κ1) is 13.3. The van der Waals surface area contributed by atoms with E-state index in [0.29, 0.717) is 12.6 Å². The summed E-state index contributed by atoms with van der Waals surface area (Å²) in [5.74, 6) is 6.41. The Morgan fingerprint density at radius 3 is 2.75 bits per heavy atom. The van der Waals surface area contributed by atoms with Crippen LogP contribution in [0.15, 0.2) is 0 Å². The van der Waals surface area contributed by atoms with Crippen LogP contribution in [0.4, 0.5) is 0 Å². The number of likely N-dealkylation sites (tertiary alicyclic amines) is 1. The molecule has 0 aromatic carbocycles. The lowest BCUT2D eigenvalue weighted by atomic mass is 9.90. The quantitative estimate of drug-likeness (QED) is 0.284. The topological polar surface area (TPSA) is 82.4 Å². The number of hydrogen-bond donors (Lipinski definition) is 3. The molecule has 1 fully saturated rings. The molecule has 1 aliphatic heterocycles. The number of nitrogens with zero attached hydrogens (tertiary/aromatic N) is 2. The van der Waals surface area contributed by atoms with Crippen LogP contribution in [0.25, 0.3) is 0 Å². The lowest BCUT2D eigenvalue weighted by Crippen LogP contribution is -2.49. The predicted octanol–water partition coefficient (Wildman–Crippen LogP) is 0.566. The van der Waals surface area contributed by atoms with Crippen molar-refractivity contribution >= 4 is 5.96 Å². The summed E-state index contributed by atoms with van der Waals surface area (Å²) in [4.78, 5) is 2.44. The molecule has 5 heteroatoms. The number of rotatable bonds is 4. The molecule has 1 rings (SSSR count). The maximum absolute atomic E-state index is 7.19. The van der Waals surface area contributed by atoms with Crippen molar-refractivity contribution in [3.8, 4) is 0 Å². The highest BCUT2D eigenvalue weighted by molar-refractivity contribution is 5.73. The van der Waals surface area contributed by atoms with Crippen LogP contribution in [-0.4, -0.2) is 41.5 Å². The van der Waals surface area contributed by atoms with Crippen LogP contribution in [0.5, 0.6) is 0 Å². The van der Waals surface area contributed by atoms with Gasteiger partial charge in [-0.25, -0.2) is 5.84 Å².